The molecular weight excluding hydrogens is 140 g/mol. The van der Waals surface area contributed by atoms with Crippen molar-refractivity contribution in [3.8, 4) is 6.07 Å². The smallest absolute Gasteiger partial charge is 0.182 e. The van der Waals surface area contributed by atoms with Crippen LogP contribution in [0.25, 0.3) is 0 Å². The predicted molar refractivity (Wildman–Crippen MR) is 39.5 cm³/mol. The van der Waals surface area contributed by atoms with Crippen LogP contribution in [0.3, 0.4) is 0 Å². The van der Waals surface area contributed by atoms with E-state index in [1.54, 1.807) is 18.3 Å². The summed E-state index contributed by atoms with van der Waals surface area (Å²) < 4.78 is 0. The highest BCUT2D eigenvalue weighted by atomic mass is 16.3. The van der Waals surface area contributed by atoms with Crippen LogP contribution in [0.1, 0.15) is 17.4 Å². The number of hydrogen-bond acceptors (Lipinski definition) is 3. The van der Waals surface area contributed by atoms with Crippen LogP contribution in [0, 0.1) is 18.3 Å². The van der Waals surface area contributed by atoms with Crippen molar-refractivity contribution < 1.29 is 5.11 Å². The Morgan fingerprint density at radius 1 is 1.64 bits per heavy atom. The number of nitrogens with zero attached hydrogens (tertiary/aromatic N) is 2. The Balaban J connectivity index is 2.92. The van der Waals surface area contributed by atoms with Gasteiger partial charge in [0.25, 0.3) is 0 Å². The second-order valence-corrected chi connectivity index (χ2v) is 2.29. The molecule has 1 heterocycles. The zero-order chi connectivity index (χ0) is 8.27. The van der Waals surface area contributed by atoms with E-state index in [1.165, 1.54) is 0 Å². The molecule has 3 nitrogen and oxygen atoms in total. The molecule has 0 aliphatic rings. The van der Waals surface area contributed by atoms with Crippen LogP contribution in [-0.4, -0.2) is 10.1 Å². The summed E-state index contributed by atoms with van der Waals surface area (Å²) in [7, 11) is 0. The van der Waals surface area contributed by atoms with Crippen molar-refractivity contribution in [2.24, 2.45) is 0 Å². The van der Waals surface area contributed by atoms with Gasteiger partial charge < -0.3 is 5.11 Å². The van der Waals surface area contributed by atoms with E-state index in [0.29, 0.717) is 5.69 Å². The second-order valence-electron chi connectivity index (χ2n) is 2.29. The van der Waals surface area contributed by atoms with E-state index in [2.05, 4.69) is 4.98 Å². The molecule has 0 spiro atoms. The number of nitriles is 1. The monoisotopic (exact) mass is 148 g/mol. The van der Waals surface area contributed by atoms with Crippen LogP contribution in [0.5, 0.6) is 0 Å². The van der Waals surface area contributed by atoms with Gasteiger partial charge in [0.1, 0.15) is 6.07 Å². The molecule has 0 aliphatic carbocycles. The Kier molecular flexibility index (Phi) is 2.19. The zero-order valence-corrected chi connectivity index (χ0v) is 6.15. The average Bonchev–Trinajstić information content (AvgIpc) is 2.05. The number of aryl methyl sites for hydroxylation is 1. The topological polar surface area (TPSA) is 56.9 Å². The summed E-state index contributed by atoms with van der Waals surface area (Å²) in [6.07, 6.45) is 0.520. The third kappa shape index (κ3) is 1.76. The van der Waals surface area contributed by atoms with E-state index >= 15 is 0 Å². The molecule has 0 saturated heterocycles. The summed E-state index contributed by atoms with van der Waals surface area (Å²) in [5.74, 6) is 0. The van der Waals surface area contributed by atoms with E-state index in [9.17, 15) is 0 Å². The van der Waals surface area contributed by atoms with Crippen molar-refractivity contribution in [2.45, 2.75) is 13.0 Å². The van der Waals surface area contributed by atoms with E-state index in [0.717, 1.165) is 5.56 Å². The number of aromatic nitrogens is 1. The largest absolute Gasteiger partial charge is 0.373 e. The SMILES string of the molecule is Cc1ccc(C(O)C#N)nc1. The fourth-order valence-corrected chi connectivity index (χ4v) is 0.707. The van der Waals surface area contributed by atoms with E-state index in [-0.39, 0.29) is 0 Å². The van der Waals surface area contributed by atoms with Gasteiger partial charge >= 0.3 is 0 Å². The lowest BCUT2D eigenvalue weighted by molar-refractivity contribution is 0.231. The minimum absolute atomic E-state index is 0.401. The molecule has 1 unspecified atom stereocenters. The lowest BCUT2D eigenvalue weighted by atomic mass is 10.2. The van der Waals surface area contributed by atoms with Gasteiger partial charge in [-0.05, 0) is 18.6 Å². The highest BCUT2D eigenvalue weighted by Gasteiger charge is 2.04. The first-order valence-electron chi connectivity index (χ1n) is 3.24. The molecule has 1 rings (SSSR count). The Morgan fingerprint density at radius 2 is 2.36 bits per heavy atom. The van der Waals surface area contributed by atoms with Crippen molar-refractivity contribution in [3.63, 3.8) is 0 Å². The first-order chi connectivity index (χ1) is 5.24. The summed E-state index contributed by atoms with van der Waals surface area (Å²) >= 11 is 0. The van der Waals surface area contributed by atoms with Crippen molar-refractivity contribution in [3.05, 3.63) is 29.6 Å². The Morgan fingerprint density at radius 3 is 2.82 bits per heavy atom. The van der Waals surface area contributed by atoms with Gasteiger partial charge in [0.2, 0.25) is 0 Å². The molecule has 1 atom stereocenters. The standard InChI is InChI=1S/C8H8N2O/c1-6-2-3-7(10-5-6)8(11)4-9/h2-3,5,8,11H,1H3. The number of aliphatic hydroxyl groups is 1. The van der Waals surface area contributed by atoms with Crippen LogP contribution in [0.4, 0.5) is 0 Å². The second kappa shape index (κ2) is 3.13. The lowest BCUT2D eigenvalue weighted by Gasteiger charge is -1.99. The average molecular weight is 148 g/mol. The van der Waals surface area contributed by atoms with Gasteiger partial charge in [-0.3, -0.25) is 4.98 Å². The molecule has 56 valence electrons. The van der Waals surface area contributed by atoms with Crippen molar-refractivity contribution >= 4 is 0 Å². The number of hydrogen-bond donors (Lipinski definition) is 1. The van der Waals surface area contributed by atoms with E-state index in [1.807, 2.05) is 13.0 Å². The Labute approximate surface area is 64.9 Å². The molecule has 1 aromatic heterocycles. The molecule has 0 amide bonds. The summed E-state index contributed by atoms with van der Waals surface area (Å²) in [6, 6.07) is 5.14. The van der Waals surface area contributed by atoms with Gasteiger partial charge in [-0.1, -0.05) is 6.07 Å². The first kappa shape index (κ1) is 7.70. The number of rotatable bonds is 1. The van der Waals surface area contributed by atoms with Gasteiger partial charge in [0.05, 0.1) is 5.69 Å². The van der Waals surface area contributed by atoms with Gasteiger partial charge in [-0.25, -0.2) is 0 Å². The fraction of sp³-hybridized carbons (Fsp3) is 0.250. The molecule has 0 radical (unpaired) electrons. The molecule has 11 heavy (non-hydrogen) atoms. The summed E-state index contributed by atoms with van der Waals surface area (Å²) in [4.78, 5) is 3.88. The summed E-state index contributed by atoms with van der Waals surface area (Å²) in [5, 5.41) is 17.3. The molecule has 0 aliphatic heterocycles. The van der Waals surface area contributed by atoms with Crippen molar-refractivity contribution in [2.75, 3.05) is 0 Å². The summed E-state index contributed by atoms with van der Waals surface area (Å²) in [6.45, 7) is 1.90. The minimum atomic E-state index is -1.10. The predicted octanol–water partition coefficient (Wildman–Crippen LogP) is 0.947. The minimum Gasteiger partial charge on any atom is -0.373 e. The van der Waals surface area contributed by atoms with Gasteiger partial charge in [-0.2, -0.15) is 5.26 Å². The quantitative estimate of drug-likeness (QED) is 0.603. The zero-order valence-electron chi connectivity index (χ0n) is 6.15. The molecular formula is C8H8N2O. The number of pyridine rings is 1. The fourth-order valence-electron chi connectivity index (χ4n) is 0.707. The third-order valence-corrected chi connectivity index (χ3v) is 1.34. The highest BCUT2D eigenvalue weighted by Crippen LogP contribution is 2.07. The van der Waals surface area contributed by atoms with Gasteiger partial charge in [0, 0.05) is 6.20 Å². The van der Waals surface area contributed by atoms with Crippen molar-refractivity contribution in [1.29, 1.82) is 5.26 Å². The van der Waals surface area contributed by atoms with Crippen molar-refractivity contribution in [1.82, 2.24) is 4.98 Å². The first-order valence-corrected chi connectivity index (χ1v) is 3.24. The Hall–Kier alpha value is -1.40. The molecule has 0 saturated carbocycles. The van der Waals surface area contributed by atoms with Crippen LogP contribution in [-0.2, 0) is 0 Å². The maximum absolute atomic E-state index is 9.00. The molecule has 3 heteroatoms. The van der Waals surface area contributed by atoms with Crippen LogP contribution < -0.4 is 0 Å². The third-order valence-electron chi connectivity index (χ3n) is 1.34. The van der Waals surface area contributed by atoms with E-state index in [4.69, 9.17) is 10.4 Å². The van der Waals surface area contributed by atoms with Gasteiger partial charge in [0.15, 0.2) is 6.10 Å². The van der Waals surface area contributed by atoms with Gasteiger partial charge in [-0.15, -0.1) is 0 Å². The lowest BCUT2D eigenvalue weighted by Crippen LogP contribution is -1.96. The molecule has 0 aromatic carbocycles. The Bertz CT molecular complexity index is 273. The highest BCUT2D eigenvalue weighted by molar-refractivity contribution is 5.17. The van der Waals surface area contributed by atoms with E-state index < -0.39 is 6.10 Å². The maximum atomic E-state index is 9.00. The molecule has 1 aromatic rings. The molecule has 0 fully saturated rings. The molecule has 0 bridgehead atoms. The summed E-state index contributed by atoms with van der Waals surface area (Å²) in [5.41, 5.74) is 1.41. The van der Waals surface area contributed by atoms with Crippen LogP contribution >= 0.6 is 0 Å². The van der Waals surface area contributed by atoms with Crippen LogP contribution in [0.2, 0.25) is 0 Å². The maximum Gasteiger partial charge on any atom is 0.182 e. The molecule has 1 N–H and O–H groups in total. The van der Waals surface area contributed by atoms with Crippen LogP contribution in [0.15, 0.2) is 18.3 Å². The normalized spacial score (nSPS) is 12.1. The number of aliphatic hydroxyl groups excluding tert-OH is 1.